The van der Waals surface area contributed by atoms with Gasteiger partial charge >= 0.3 is 0 Å². The first kappa shape index (κ1) is 41.0. The van der Waals surface area contributed by atoms with Crippen LogP contribution in [-0.4, -0.2) is 22.5 Å². The van der Waals surface area contributed by atoms with Crippen LogP contribution < -0.4 is 0 Å². The molecule has 1 aliphatic rings. The van der Waals surface area contributed by atoms with E-state index in [1.165, 1.54) is 47.6 Å². The summed E-state index contributed by atoms with van der Waals surface area (Å²) in [6.07, 6.45) is 7.35. The molecule has 1 N–H and O–H groups in total. The van der Waals surface area contributed by atoms with Crippen LogP contribution in [0, 0.1) is 5.41 Å². The number of amidine groups is 2. The molecule has 0 saturated heterocycles. The standard InChI is InChI=1S/C63H44N4S/c64-62(66-63(47-28-14-5-15-29-47)65-41-42-34-48(43-20-6-1-7-21-43)36-49(35-42)44-22-8-2-9-23-44)50-37-53(45-24-10-3-11-25-45)61(54(38-50)46-26-12-4-13-27-46)67-57-32-18-16-30-51(57)55-39-56-52-31-17-19-33-59(52)68-60(56)40-58(55)67/h1-35,37-41,48,64H,36H2. The van der Waals surface area contributed by atoms with E-state index in [4.69, 9.17) is 9.98 Å². The zero-order chi connectivity index (χ0) is 45.4. The molecule has 2 heterocycles. The van der Waals surface area contributed by atoms with Gasteiger partial charge in [0.1, 0.15) is 0 Å². The summed E-state index contributed by atoms with van der Waals surface area (Å²) in [6, 6.07) is 79.0. The third-order valence-electron chi connectivity index (χ3n) is 13.1. The molecule has 5 heteroatoms. The summed E-state index contributed by atoms with van der Waals surface area (Å²) in [4.78, 5) is 10.3. The maximum Gasteiger partial charge on any atom is 0.161 e. The zero-order valence-electron chi connectivity index (χ0n) is 37.1. The first-order chi connectivity index (χ1) is 33.6. The van der Waals surface area contributed by atoms with E-state index in [0.717, 1.165) is 56.5 Å². The quantitative estimate of drug-likeness (QED) is 0.117. The van der Waals surface area contributed by atoms with Gasteiger partial charge in [-0.15, -0.1) is 11.3 Å². The minimum absolute atomic E-state index is 0.122. The van der Waals surface area contributed by atoms with Crippen molar-refractivity contribution in [3.05, 3.63) is 264 Å². The minimum atomic E-state index is 0.122. The van der Waals surface area contributed by atoms with Gasteiger partial charge in [-0.25, -0.2) is 9.98 Å². The topological polar surface area (TPSA) is 53.5 Å². The molecule has 1 unspecified atom stereocenters. The second-order valence-electron chi connectivity index (χ2n) is 17.3. The van der Waals surface area contributed by atoms with Gasteiger partial charge in [0.05, 0.1) is 16.7 Å². The van der Waals surface area contributed by atoms with Crippen LogP contribution in [0.25, 0.3) is 75.5 Å². The van der Waals surface area contributed by atoms with Crippen molar-refractivity contribution in [2.45, 2.75) is 12.3 Å². The second kappa shape index (κ2) is 17.7. The molecule has 0 radical (unpaired) electrons. The van der Waals surface area contributed by atoms with Crippen LogP contribution in [0.2, 0.25) is 0 Å². The van der Waals surface area contributed by atoms with Crippen LogP contribution in [0.15, 0.2) is 252 Å². The summed E-state index contributed by atoms with van der Waals surface area (Å²) < 4.78 is 4.98. The molecular weight excluding hydrogens is 845 g/mol. The Hall–Kier alpha value is -8.51. The van der Waals surface area contributed by atoms with Gasteiger partial charge in [0.25, 0.3) is 0 Å². The summed E-state index contributed by atoms with van der Waals surface area (Å²) in [5.41, 5.74) is 13.7. The van der Waals surface area contributed by atoms with Crippen molar-refractivity contribution in [1.29, 1.82) is 5.41 Å². The molecule has 322 valence electrons. The molecule has 1 aliphatic carbocycles. The molecule has 1 atom stereocenters. The molecule has 0 saturated carbocycles. The number of allylic oxidation sites excluding steroid dienone is 4. The molecule has 0 fully saturated rings. The number of nitrogens with one attached hydrogen (secondary N) is 1. The van der Waals surface area contributed by atoms with E-state index in [9.17, 15) is 5.41 Å². The number of benzene rings is 9. The Kier molecular flexibility index (Phi) is 10.7. The average molecular weight is 889 g/mol. The lowest BCUT2D eigenvalue weighted by atomic mass is 9.83. The van der Waals surface area contributed by atoms with Gasteiger partial charge in [0.15, 0.2) is 11.7 Å². The predicted molar refractivity (Wildman–Crippen MR) is 289 cm³/mol. The fourth-order valence-electron chi connectivity index (χ4n) is 9.86. The number of aliphatic imine (C=N–C) groups is 2. The lowest BCUT2D eigenvalue weighted by molar-refractivity contribution is 0.864. The maximum absolute atomic E-state index is 9.90. The van der Waals surface area contributed by atoms with Crippen LogP contribution in [0.1, 0.15) is 34.6 Å². The van der Waals surface area contributed by atoms with Gasteiger partial charge in [-0.05, 0) is 82.3 Å². The highest BCUT2D eigenvalue weighted by atomic mass is 32.1. The highest BCUT2D eigenvalue weighted by molar-refractivity contribution is 7.25. The van der Waals surface area contributed by atoms with Crippen LogP contribution in [0.4, 0.5) is 0 Å². The number of hydrogen-bond donors (Lipinski definition) is 1. The molecule has 12 rings (SSSR count). The van der Waals surface area contributed by atoms with E-state index in [2.05, 4.69) is 211 Å². The third kappa shape index (κ3) is 7.69. The number of nitrogens with zero attached hydrogens (tertiary/aromatic N) is 3. The van der Waals surface area contributed by atoms with Crippen molar-refractivity contribution in [1.82, 2.24) is 4.57 Å². The van der Waals surface area contributed by atoms with Crippen molar-refractivity contribution < 1.29 is 0 Å². The van der Waals surface area contributed by atoms with Crippen molar-refractivity contribution in [3.8, 4) is 27.9 Å². The Bertz CT molecular complexity index is 3740. The molecule has 68 heavy (non-hydrogen) atoms. The van der Waals surface area contributed by atoms with Crippen molar-refractivity contribution >= 4 is 76.8 Å². The van der Waals surface area contributed by atoms with Crippen molar-refractivity contribution in [3.63, 3.8) is 0 Å². The van der Waals surface area contributed by atoms with Gasteiger partial charge in [0, 0.05) is 65.3 Å². The lowest BCUT2D eigenvalue weighted by Gasteiger charge is -2.21. The van der Waals surface area contributed by atoms with Gasteiger partial charge in [-0.1, -0.05) is 194 Å². The summed E-state index contributed by atoms with van der Waals surface area (Å²) >= 11 is 1.84. The Labute approximate surface area is 399 Å². The molecule has 11 aromatic rings. The van der Waals surface area contributed by atoms with E-state index >= 15 is 0 Å². The Morgan fingerprint density at radius 2 is 1.09 bits per heavy atom. The number of thiophene rings is 1. The number of para-hydroxylation sites is 1. The van der Waals surface area contributed by atoms with E-state index in [0.29, 0.717) is 11.4 Å². The van der Waals surface area contributed by atoms with Crippen LogP contribution in [-0.2, 0) is 0 Å². The van der Waals surface area contributed by atoms with E-state index in [-0.39, 0.29) is 11.8 Å². The molecule has 0 spiro atoms. The first-order valence-electron chi connectivity index (χ1n) is 23.1. The second-order valence-corrected chi connectivity index (χ2v) is 18.4. The molecule has 2 aromatic heterocycles. The largest absolute Gasteiger partial charge is 0.308 e. The molecule has 0 amide bonds. The van der Waals surface area contributed by atoms with Crippen LogP contribution in [0.5, 0.6) is 0 Å². The van der Waals surface area contributed by atoms with Crippen LogP contribution in [0.3, 0.4) is 0 Å². The molecule has 4 nitrogen and oxygen atoms in total. The highest BCUT2D eigenvalue weighted by Crippen LogP contribution is 2.45. The Morgan fingerprint density at radius 1 is 0.515 bits per heavy atom. The summed E-state index contributed by atoms with van der Waals surface area (Å²) in [5.74, 6) is 0.774. The van der Waals surface area contributed by atoms with Crippen molar-refractivity contribution in [2.24, 2.45) is 9.98 Å². The van der Waals surface area contributed by atoms with Crippen molar-refractivity contribution in [2.75, 3.05) is 0 Å². The fourth-order valence-corrected chi connectivity index (χ4v) is 11.0. The monoisotopic (exact) mass is 888 g/mol. The highest BCUT2D eigenvalue weighted by Gasteiger charge is 2.24. The van der Waals surface area contributed by atoms with E-state index < -0.39 is 0 Å². The smallest absolute Gasteiger partial charge is 0.161 e. The molecule has 0 bridgehead atoms. The predicted octanol–water partition coefficient (Wildman–Crippen LogP) is 16.5. The Morgan fingerprint density at radius 3 is 1.76 bits per heavy atom. The van der Waals surface area contributed by atoms with E-state index in [1.807, 2.05) is 47.9 Å². The van der Waals surface area contributed by atoms with Gasteiger partial charge in [-0.2, -0.15) is 0 Å². The SMILES string of the molecule is N=C(N=C(N=CC1=CC(c2ccccc2)CC(c2ccccc2)=C1)c1ccccc1)c1cc(-c2ccccc2)c(-n2c3ccccc3c3cc4c(cc32)sc2ccccc24)c(-c2ccccc2)c1. The number of rotatable bonds is 8. The van der Waals surface area contributed by atoms with E-state index in [1.54, 1.807) is 0 Å². The third-order valence-corrected chi connectivity index (χ3v) is 14.2. The summed E-state index contributed by atoms with van der Waals surface area (Å²) in [7, 11) is 0. The maximum atomic E-state index is 9.90. The zero-order valence-corrected chi connectivity index (χ0v) is 37.9. The first-order valence-corrected chi connectivity index (χ1v) is 23.9. The minimum Gasteiger partial charge on any atom is -0.308 e. The number of fused-ring (bicyclic) bond motifs is 6. The Balaban J connectivity index is 1.05. The van der Waals surface area contributed by atoms with Gasteiger partial charge < -0.3 is 4.57 Å². The lowest BCUT2D eigenvalue weighted by Crippen LogP contribution is -2.08. The van der Waals surface area contributed by atoms with Crippen LogP contribution >= 0.6 is 11.3 Å². The summed E-state index contributed by atoms with van der Waals surface area (Å²) in [5, 5.41) is 14.8. The molecule has 9 aromatic carbocycles. The fraction of sp³-hybridized carbons (Fsp3) is 0.0317. The molecule has 0 aliphatic heterocycles. The van der Waals surface area contributed by atoms with Gasteiger partial charge in [0.2, 0.25) is 0 Å². The number of hydrogen-bond acceptors (Lipinski definition) is 2. The average Bonchev–Trinajstić information content (AvgIpc) is 3.94. The molecular formula is C63H44N4S. The van der Waals surface area contributed by atoms with Gasteiger partial charge in [-0.3, -0.25) is 5.41 Å². The normalized spacial score (nSPS) is 14.2. The summed E-state index contributed by atoms with van der Waals surface area (Å²) in [6.45, 7) is 0. The number of aromatic nitrogens is 1.